The molecule has 1 N–H and O–H groups in total. The number of hydrogen-bond acceptors (Lipinski definition) is 3. The van der Waals surface area contributed by atoms with E-state index in [1.54, 1.807) is 47.3 Å². The highest BCUT2D eigenvalue weighted by molar-refractivity contribution is 6.31. The van der Waals surface area contributed by atoms with Gasteiger partial charge in [-0.1, -0.05) is 23.7 Å². The number of hydrogen-bond donors (Lipinski definition) is 1. The van der Waals surface area contributed by atoms with Crippen LogP contribution < -0.4 is 10.9 Å². The standard InChI is InChI=1S/C21H19ClFN3O2/c22-14-7-10-16-19(11-14)24-12-26(21(16)28)15-8-5-13(6-9-15)20(27)25-18-4-2-1-3-17(18)23/h1-4,7,10-13,15H,5-6,8-9H2,(H,25,27). The van der Waals surface area contributed by atoms with Crippen molar-refractivity contribution in [3.8, 4) is 0 Å². The summed E-state index contributed by atoms with van der Waals surface area (Å²) in [5.74, 6) is -0.820. The molecule has 0 saturated heterocycles. The van der Waals surface area contributed by atoms with Crippen molar-refractivity contribution in [3.63, 3.8) is 0 Å². The van der Waals surface area contributed by atoms with E-state index in [1.807, 2.05) is 0 Å². The van der Waals surface area contributed by atoms with Crippen molar-refractivity contribution in [1.82, 2.24) is 9.55 Å². The first kappa shape index (κ1) is 18.6. The maximum atomic E-state index is 13.7. The lowest BCUT2D eigenvalue weighted by Crippen LogP contribution is -2.32. The van der Waals surface area contributed by atoms with Gasteiger partial charge >= 0.3 is 0 Å². The number of aromatic nitrogens is 2. The first-order valence-corrected chi connectivity index (χ1v) is 9.62. The molecule has 0 radical (unpaired) electrons. The van der Waals surface area contributed by atoms with Gasteiger partial charge in [0.15, 0.2) is 0 Å². The Hall–Kier alpha value is -2.73. The van der Waals surface area contributed by atoms with Gasteiger partial charge in [0.2, 0.25) is 5.91 Å². The summed E-state index contributed by atoms with van der Waals surface area (Å²) in [7, 11) is 0. The normalized spacial score (nSPS) is 19.5. The van der Waals surface area contributed by atoms with Gasteiger partial charge in [-0.15, -0.1) is 0 Å². The average molecular weight is 400 g/mol. The van der Waals surface area contributed by atoms with Crippen molar-refractivity contribution in [3.05, 3.63) is 70.0 Å². The van der Waals surface area contributed by atoms with E-state index in [0.717, 1.165) is 0 Å². The molecule has 144 valence electrons. The molecule has 0 spiro atoms. The van der Waals surface area contributed by atoms with Crippen LogP contribution in [0.25, 0.3) is 10.9 Å². The third-order valence-corrected chi connectivity index (χ3v) is 5.57. The van der Waals surface area contributed by atoms with Gasteiger partial charge in [-0.05, 0) is 56.0 Å². The first-order valence-electron chi connectivity index (χ1n) is 9.25. The zero-order chi connectivity index (χ0) is 19.7. The zero-order valence-electron chi connectivity index (χ0n) is 15.1. The number of nitrogens with zero attached hydrogens (tertiary/aromatic N) is 2. The maximum Gasteiger partial charge on any atom is 0.261 e. The van der Waals surface area contributed by atoms with E-state index >= 15 is 0 Å². The third-order valence-electron chi connectivity index (χ3n) is 5.34. The van der Waals surface area contributed by atoms with E-state index < -0.39 is 5.82 Å². The van der Waals surface area contributed by atoms with Crippen molar-refractivity contribution in [2.75, 3.05) is 5.32 Å². The molecule has 0 bridgehead atoms. The minimum absolute atomic E-state index is 0.00223. The monoisotopic (exact) mass is 399 g/mol. The van der Waals surface area contributed by atoms with E-state index in [2.05, 4.69) is 10.3 Å². The van der Waals surface area contributed by atoms with Crippen molar-refractivity contribution in [2.24, 2.45) is 5.92 Å². The summed E-state index contributed by atoms with van der Waals surface area (Å²) in [6, 6.07) is 11.2. The smallest absolute Gasteiger partial charge is 0.261 e. The molecule has 28 heavy (non-hydrogen) atoms. The topological polar surface area (TPSA) is 64.0 Å². The Balaban J connectivity index is 1.45. The molecule has 4 rings (SSSR count). The highest BCUT2D eigenvalue weighted by Crippen LogP contribution is 2.32. The van der Waals surface area contributed by atoms with E-state index in [4.69, 9.17) is 11.6 Å². The Labute approximate surface area is 166 Å². The molecule has 1 amide bonds. The van der Waals surface area contributed by atoms with E-state index in [0.29, 0.717) is 41.6 Å². The molecule has 1 aliphatic carbocycles. The summed E-state index contributed by atoms with van der Waals surface area (Å²) in [5, 5.41) is 3.74. The highest BCUT2D eigenvalue weighted by Gasteiger charge is 2.28. The minimum Gasteiger partial charge on any atom is -0.323 e. The number of para-hydroxylation sites is 1. The molecule has 0 aliphatic heterocycles. The predicted octanol–water partition coefficient (Wildman–Crippen LogP) is 4.56. The molecule has 1 aliphatic rings. The van der Waals surface area contributed by atoms with Crippen LogP contribution in [0.5, 0.6) is 0 Å². The average Bonchev–Trinajstić information content (AvgIpc) is 2.70. The van der Waals surface area contributed by atoms with Crippen LogP contribution in [0.4, 0.5) is 10.1 Å². The summed E-state index contributed by atoms with van der Waals surface area (Å²) in [5.41, 5.74) is 0.677. The Morgan fingerprint density at radius 1 is 1.14 bits per heavy atom. The first-order chi connectivity index (χ1) is 13.5. The molecule has 1 fully saturated rings. The molecule has 0 unspecified atom stereocenters. The van der Waals surface area contributed by atoms with Crippen LogP contribution in [-0.4, -0.2) is 15.5 Å². The van der Waals surface area contributed by atoms with Crippen molar-refractivity contribution in [1.29, 1.82) is 0 Å². The molecule has 0 atom stereocenters. The quantitative estimate of drug-likeness (QED) is 0.702. The highest BCUT2D eigenvalue weighted by atomic mass is 35.5. The van der Waals surface area contributed by atoms with Gasteiger partial charge in [-0.3, -0.25) is 14.2 Å². The summed E-state index contributed by atoms with van der Waals surface area (Å²) in [6.07, 6.45) is 4.21. The number of anilines is 1. The van der Waals surface area contributed by atoms with Gasteiger partial charge < -0.3 is 5.32 Å². The summed E-state index contributed by atoms with van der Waals surface area (Å²) in [4.78, 5) is 29.6. The number of nitrogens with one attached hydrogen (secondary N) is 1. The van der Waals surface area contributed by atoms with Crippen LogP contribution >= 0.6 is 11.6 Å². The number of fused-ring (bicyclic) bond motifs is 1. The second-order valence-corrected chi connectivity index (χ2v) is 7.53. The maximum absolute atomic E-state index is 13.7. The van der Waals surface area contributed by atoms with Gasteiger partial charge in [-0.2, -0.15) is 0 Å². The number of carbonyl (C=O) groups excluding carboxylic acids is 1. The molecular weight excluding hydrogens is 381 g/mol. The van der Waals surface area contributed by atoms with Crippen molar-refractivity contribution < 1.29 is 9.18 Å². The third kappa shape index (κ3) is 3.64. The van der Waals surface area contributed by atoms with E-state index in [-0.39, 0.29) is 29.1 Å². The van der Waals surface area contributed by atoms with Crippen molar-refractivity contribution in [2.45, 2.75) is 31.7 Å². The summed E-state index contributed by atoms with van der Waals surface area (Å²) in [6.45, 7) is 0. The van der Waals surface area contributed by atoms with E-state index in [9.17, 15) is 14.0 Å². The molecule has 5 nitrogen and oxygen atoms in total. The fraction of sp³-hybridized carbons (Fsp3) is 0.286. The molecule has 1 heterocycles. The van der Waals surface area contributed by atoms with Crippen LogP contribution in [0, 0.1) is 11.7 Å². The minimum atomic E-state index is -0.446. The Morgan fingerprint density at radius 3 is 2.64 bits per heavy atom. The van der Waals surface area contributed by atoms with Crippen molar-refractivity contribution >= 4 is 34.1 Å². The van der Waals surface area contributed by atoms with E-state index in [1.165, 1.54) is 6.07 Å². The Morgan fingerprint density at radius 2 is 1.89 bits per heavy atom. The van der Waals surface area contributed by atoms with Gasteiger partial charge in [0, 0.05) is 17.0 Å². The van der Waals surface area contributed by atoms with Gasteiger partial charge in [-0.25, -0.2) is 9.37 Å². The molecule has 7 heteroatoms. The molecule has 1 saturated carbocycles. The lowest BCUT2D eigenvalue weighted by molar-refractivity contribution is -0.121. The summed E-state index contributed by atoms with van der Waals surface area (Å²) >= 11 is 5.96. The molecule has 1 aromatic heterocycles. The number of rotatable bonds is 3. The Kier molecular flexibility index (Phi) is 5.13. The molecule has 2 aromatic carbocycles. The SMILES string of the molecule is O=C(Nc1ccccc1F)C1CCC(n2cnc3cc(Cl)ccc3c2=O)CC1. The lowest BCUT2D eigenvalue weighted by atomic mass is 9.85. The second-order valence-electron chi connectivity index (χ2n) is 7.09. The Bertz CT molecular complexity index is 1090. The van der Waals surface area contributed by atoms with Crippen LogP contribution in [0.1, 0.15) is 31.7 Å². The molecule has 3 aromatic rings. The number of carbonyl (C=O) groups is 1. The van der Waals surface area contributed by atoms with Crippen LogP contribution in [0.15, 0.2) is 53.6 Å². The number of amides is 1. The fourth-order valence-electron chi connectivity index (χ4n) is 3.78. The van der Waals surface area contributed by atoms with Gasteiger partial charge in [0.05, 0.1) is 22.9 Å². The van der Waals surface area contributed by atoms with Crippen LogP contribution in [0.3, 0.4) is 0 Å². The molecular formula is C21H19ClFN3O2. The predicted molar refractivity (Wildman–Crippen MR) is 107 cm³/mol. The second kappa shape index (κ2) is 7.72. The van der Waals surface area contributed by atoms with Crippen LogP contribution in [-0.2, 0) is 4.79 Å². The summed E-state index contributed by atoms with van der Waals surface area (Å²) < 4.78 is 15.4. The van der Waals surface area contributed by atoms with Crippen LogP contribution in [0.2, 0.25) is 5.02 Å². The van der Waals surface area contributed by atoms with Gasteiger partial charge in [0.1, 0.15) is 5.82 Å². The fourth-order valence-corrected chi connectivity index (χ4v) is 3.95. The lowest BCUT2D eigenvalue weighted by Gasteiger charge is -2.29. The zero-order valence-corrected chi connectivity index (χ0v) is 15.8. The largest absolute Gasteiger partial charge is 0.323 e. The van der Waals surface area contributed by atoms with Gasteiger partial charge in [0.25, 0.3) is 5.56 Å². The number of benzene rings is 2. The number of halogens is 2.